The Kier molecular flexibility index (Phi) is 4.73. The molecule has 3 nitrogen and oxygen atoms in total. The van der Waals surface area contributed by atoms with Crippen LogP contribution in [-0.2, 0) is 9.84 Å². The zero-order valence-electron chi connectivity index (χ0n) is 11.2. The number of hydrogen-bond acceptors (Lipinski definition) is 4. The van der Waals surface area contributed by atoms with E-state index in [-0.39, 0.29) is 5.75 Å². The van der Waals surface area contributed by atoms with E-state index in [2.05, 4.69) is 0 Å². The Morgan fingerprint density at radius 3 is 2.45 bits per heavy atom. The fourth-order valence-electron chi connectivity index (χ4n) is 1.86. The summed E-state index contributed by atoms with van der Waals surface area (Å²) >= 11 is 1.54. The smallest absolute Gasteiger partial charge is 0.179 e. The molecule has 106 valence electrons. The summed E-state index contributed by atoms with van der Waals surface area (Å²) in [4.78, 5) is 1.41. The lowest BCUT2D eigenvalue weighted by Crippen LogP contribution is -2.11. The van der Waals surface area contributed by atoms with Gasteiger partial charge in [0.05, 0.1) is 10.6 Å². The molecular weight excluding hydrogens is 290 g/mol. The zero-order valence-corrected chi connectivity index (χ0v) is 12.9. The van der Waals surface area contributed by atoms with Crippen LogP contribution in [0.2, 0.25) is 0 Å². The number of benzene rings is 2. The van der Waals surface area contributed by atoms with Gasteiger partial charge < -0.3 is 5.73 Å². The van der Waals surface area contributed by atoms with Crippen LogP contribution in [0.25, 0.3) is 0 Å². The van der Waals surface area contributed by atoms with Crippen LogP contribution in [0.3, 0.4) is 0 Å². The average Bonchev–Trinajstić information content (AvgIpc) is 2.42. The lowest BCUT2D eigenvalue weighted by molar-refractivity contribution is 0.597. The van der Waals surface area contributed by atoms with Gasteiger partial charge in [0.15, 0.2) is 9.84 Å². The van der Waals surface area contributed by atoms with E-state index in [1.807, 2.05) is 30.3 Å². The third kappa shape index (κ3) is 3.55. The van der Waals surface area contributed by atoms with Gasteiger partial charge in [0.1, 0.15) is 0 Å². The molecule has 20 heavy (non-hydrogen) atoms. The van der Waals surface area contributed by atoms with Gasteiger partial charge >= 0.3 is 0 Å². The number of nitrogens with two attached hydrogens (primary N) is 1. The summed E-state index contributed by atoms with van der Waals surface area (Å²) in [5.41, 5.74) is 6.92. The number of rotatable bonds is 5. The molecular formula is C15H17NO2S2. The second-order valence-electron chi connectivity index (χ2n) is 4.45. The maximum atomic E-state index is 12.3. The van der Waals surface area contributed by atoms with Gasteiger partial charge in [0.2, 0.25) is 0 Å². The number of hydrogen-bond donors (Lipinski definition) is 1. The highest BCUT2D eigenvalue weighted by Gasteiger charge is 2.17. The molecule has 0 aliphatic carbocycles. The van der Waals surface area contributed by atoms with Crippen molar-refractivity contribution in [1.82, 2.24) is 0 Å². The topological polar surface area (TPSA) is 60.2 Å². The summed E-state index contributed by atoms with van der Waals surface area (Å²) in [6, 6.07) is 14.8. The van der Waals surface area contributed by atoms with Crippen LogP contribution in [0.4, 0.5) is 5.69 Å². The lowest BCUT2D eigenvalue weighted by Gasteiger charge is -2.09. The first kappa shape index (κ1) is 14.9. The molecule has 2 aromatic carbocycles. The van der Waals surface area contributed by atoms with Crippen LogP contribution in [-0.4, -0.2) is 19.9 Å². The van der Waals surface area contributed by atoms with Crippen LogP contribution in [0.15, 0.2) is 58.3 Å². The molecule has 2 aromatic rings. The first-order valence-corrected chi connectivity index (χ1v) is 8.90. The van der Waals surface area contributed by atoms with Crippen LogP contribution in [0, 0.1) is 6.92 Å². The summed E-state index contributed by atoms with van der Waals surface area (Å²) < 4.78 is 24.7. The van der Waals surface area contributed by atoms with Gasteiger partial charge in [0, 0.05) is 16.3 Å². The second kappa shape index (κ2) is 6.33. The summed E-state index contributed by atoms with van der Waals surface area (Å²) in [5, 5.41) is 0. The normalized spacial score (nSPS) is 11.4. The van der Waals surface area contributed by atoms with Crippen molar-refractivity contribution in [2.75, 3.05) is 17.2 Å². The molecule has 0 spiro atoms. The highest BCUT2D eigenvalue weighted by atomic mass is 32.2. The van der Waals surface area contributed by atoms with Gasteiger partial charge in [-0.25, -0.2) is 8.42 Å². The molecule has 0 heterocycles. The van der Waals surface area contributed by atoms with E-state index in [0.717, 1.165) is 4.90 Å². The quantitative estimate of drug-likeness (QED) is 0.681. The van der Waals surface area contributed by atoms with Crippen molar-refractivity contribution in [2.45, 2.75) is 16.7 Å². The number of sulfone groups is 1. The van der Waals surface area contributed by atoms with Crippen LogP contribution >= 0.6 is 11.8 Å². The van der Waals surface area contributed by atoms with Crippen molar-refractivity contribution in [1.29, 1.82) is 0 Å². The highest BCUT2D eigenvalue weighted by molar-refractivity contribution is 8.00. The van der Waals surface area contributed by atoms with Crippen molar-refractivity contribution in [3.8, 4) is 0 Å². The molecule has 0 radical (unpaired) electrons. The number of nitrogen functional groups attached to an aromatic ring is 1. The number of thioether (sulfide) groups is 1. The van der Waals surface area contributed by atoms with E-state index < -0.39 is 9.84 Å². The van der Waals surface area contributed by atoms with Gasteiger partial charge in [-0.1, -0.05) is 24.3 Å². The number of anilines is 1. The predicted molar refractivity (Wildman–Crippen MR) is 84.8 cm³/mol. The Bertz CT molecular complexity index is 682. The molecule has 5 heteroatoms. The minimum atomic E-state index is -3.28. The molecule has 0 saturated carbocycles. The maximum Gasteiger partial charge on any atom is 0.179 e. The fraction of sp³-hybridized carbons (Fsp3) is 0.200. The van der Waals surface area contributed by atoms with E-state index >= 15 is 0 Å². The van der Waals surface area contributed by atoms with Crippen molar-refractivity contribution in [3.05, 3.63) is 54.1 Å². The monoisotopic (exact) mass is 307 g/mol. The van der Waals surface area contributed by atoms with E-state index in [1.54, 1.807) is 36.9 Å². The zero-order chi connectivity index (χ0) is 14.6. The highest BCUT2D eigenvalue weighted by Crippen LogP contribution is 2.23. The molecule has 0 saturated heterocycles. The fourth-order valence-corrected chi connectivity index (χ4v) is 4.75. The van der Waals surface area contributed by atoms with Crippen LogP contribution in [0.1, 0.15) is 5.56 Å². The maximum absolute atomic E-state index is 12.3. The third-order valence-electron chi connectivity index (χ3n) is 3.03. The predicted octanol–water partition coefficient (Wildman–Crippen LogP) is 3.14. The van der Waals surface area contributed by atoms with E-state index in [9.17, 15) is 8.42 Å². The van der Waals surface area contributed by atoms with Crippen molar-refractivity contribution >= 4 is 27.3 Å². The summed E-state index contributed by atoms with van der Waals surface area (Å²) in [5.74, 6) is 0.636. The van der Waals surface area contributed by atoms with Gasteiger partial charge in [-0.15, -0.1) is 11.8 Å². The Morgan fingerprint density at radius 2 is 1.75 bits per heavy atom. The molecule has 2 rings (SSSR count). The van der Waals surface area contributed by atoms with E-state index in [0.29, 0.717) is 21.9 Å². The van der Waals surface area contributed by atoms with Gasteiger partial charge in [-0.05, 0) is 36.8 Å². The van der Waals surface area contributed by atoms with Crippen molar-refractivity contribution < 1.29 is 8.42 Å². The second-order valence-corrected chi connectivity index (χ2v) is 7.70. The SMILES string of the molecule is Cc1c(N)cccc1S(=O)(=O)CCSc1ccccc1. The molecule has 0 bridgehead atoms. The summed E-state index contributed by atoms with van der Waals surface area (Å²) in [6.45, 7) is 1.74. The molecule has 0 amide bonds. The lowest BCUT2D eigenvalue weighted by atomic mass is 10.2. The molecule has 2 N–H and O–H groups in total. The molecule has 0 aromatic heterocycles. The molecule has 0 aliphatic rings. The Hall–Kier alpha value is -1.46. The molecule has 0 aliphatic heterocycles. The third-order valence-corrected chi connectivity index (χ3v) is 6.15. The largest absolute Gasteiger partial charge is 0.398 e. The Labute approximate surface area is 124 Å². The summed E-state index contributed by atoms with van der Waals surface area (Å²) in [7, 11) is -3.28. The first-order valence-electron chi connectivity index (χ1n) is 6.26. The van der Waals surface area contributed by atoms with Crippen molar-refractivity contribution in [2.24, 2.45) is 0 Å². The standard InChI is InChI=1S/C15H17NO2S2/c1-12-14(16)8-5-9-15(12)20(17,18)11-10-19-13-6-3-2-4-7-13/h2-9H,10-11,16H2,1H3. The van der Waals surface area contributed by atoms with E-state index in [4.69, 9.17) is 5.73 Å². The van der Waals surface area contributed by atoms with Crippen molar-refractivity contribution in [3.63, 3.8) is 0 Å². The van der Waals surface area contributed by atoms with Crippen LogP contribution in [0.5, 0.6) is 0 Å². The average molecular weight is 307 g/mol. The van der Waals surface area contributed by atoms with Gasteiger partial charge in [0.25, 0.3) is 0 Å². The van der Waals surface area contributed by atoms with Gasteiger partial charge in [-0.3, -0.25) is 0 Å². The van der Waals surface area contributed by atoms with E-state index in [1.165, 1.54) is 0 Å². The minimum Gasteiger partial charge on any atom is -0.398 e. The molecule has 0 fully saturated rings. The van der Waals surface area contributed by atoms with Gasteiger partial charge in [-0.2, -0.15) is 0 Å². The molecule has 0 unspecified atom stereocenters. The van der Waals surface area contributed by atoms with Crippen LogP contribution < -0.4 is 5.73 Å². The summed E-state index contributed by atoms with van der Waals surface area (Å²) in [6.07, 6.45) is 0. The Balaban J connectivity index is 2.06. The first-order chi connectivity index (χ1) is 9.50. The molecule has 0 atom stereocenters. The Morgan fingerprint density at radius 1 is 1.05 bits per heavy atom. The minimum absolute atomic E-state index is 0.108.